The Morgan fingerprint density at radius 1 is 1.28 bits per heavy atom. The van der Waals surface area contributed by atoms with Crippen LogP contribution in [-0.2, 0) is 11.3 Å². The number of guanidine groups is 1. The zero-order valence-electron chi connectivity index (χ0n) is 19.1. The summed E-state index contributed by atoms with van der Waals surface area (Å²) >= 11 is 0. The van der Waals surface area contributed by atoms with E-state index in [1.165, 1.54) is 12.0 Å². The highest BCUT2D eigenvalue weighted by Crippen LogP contribution is 2.33. The normalized spacial score (nSPS) is 20.6. The van der Waals surface area contributed by atoms with Gasteiger partial charge in [0.05, 0.1) is 6.10 Å². The Hall–Kier alpha value is -1.79. The molecule has 0 bridgehead atoms. The first-order chi connectivity index (χ1) is 13.8. The third kappa shape index (κ3) is 8.23. The van der Waals surface area contributed by atoms with E-state index in [0.29, 0.717) is 19.1 Å². The van der Waals surface area contributed by atoms with Crippen molar-refractivity contribution >= 4 is 5.96 Å². The van der Waals surface area contributed by atoms with E-state index < -0.39 is 0 Å². The number of nitrogens with one attached hydrogen (secondary N) is 2. The van der Waals surface area contributed by atoms with Crippen LogP contribution < -0.4 is 15.4 Å². The molecule has 0 radical (unpaired) electrons. The number of rotatable bonds is 8. The summed E-state index contributed by atoms with van der Waals surface area (Å²) in [6.45, 7) is 10.8. The van der Waals surface area contributed by atoms with Crippen LogP contribution >= 0.6 is 0 Å². The molecule has 2 atom stereocenters. The Labute approximate surface area is 177 Å². The topological polar surface area (TPSA) is 58.1 Å². The second kappa shape index (κ2) is 11.4. The molecule has 2 rings (SSSR count). The average molecular weight is 405 g/mol. The van der Waals surface area contributed by atoms with Crippen molar-refractivity contribution in [3.05, 3.63) is 29.8 Å². The van der Waals surface area contributed by atoms with E-state index in [4.69, 9.17) is 9.47 Å². The van der Waals surface area contributed by atoms with Gasteiger partial charge in [0, 0.05) is 39.2 Å². The van der Waals surface area contributed by atoms with E-state index >= 15 is 0 Å². The van der Waals surface area contributed by atoms with Gasteiger partial charge in [-0.1, -0.05) is 32.9 Å². The van der Waals surface area contributed by atoms with Crippen LogP contribution in [-0.4, -0.2) is 64.4 Å². The number of aliphatic imine (C=N–C) groups is 1. The van der Waals surface area contributed by atoms with E-state index in [1.54, 1.807) is 0 Å². The number of nitrogens with zero attached hydrogens (tertiary/aromatic N) is 2. The van der Waals surface area contributed by atoms with Crippen LogP contribution in [0, 0.1) is 11.3 Å². The van der Waals surface area contributed by atoms with Gasteiger partial charge >= 0.3 is 0 Å². The van der Waals surface area contributed by atoms with E-state index in [1.807, 2.05) is 33.3 Å². The number of hydrogen-bond donors (Lipinski definition) is 2. The molecular formula is C23H40N4O2. The summed E-state index contributed by atoms with van der Waals surface area (Å²) < 4.78 is 11.9. The van der Waals surface area contributed by atoms with Gasteiger partial charge in [0.15, 0.2) is 5.96 Å². The molecule has 164 valence electrons. The van der Waals surface area contributed by atoms with Crippen LogP contribution in [0.25, 0.3) is 0 Å². The molecule has 1 saturated heterocycles. The minimum Gasteiger partial charge on any atom is -0.492 e. The van der Waals surface area contributed by atoms with Gasteiger partial charge in [-0.05, 0) is 50.0 Å². The standard InChI is InChI=1S/C23H40N4O2/c1-23(2,3)21-19(10-8-13-29-21)17-26-22(24-4)25-16-18-9-7-11-20(15-18)28-14-12-27(5)6/h7,9,11,15,19,21H,8,10,12-14,16-17H2,1-6H3,(H2,24,25,26). The first-order valence-electron chi connectivity index (χ1n) is 10.7. The largest absolute Gasteiger partial charge is 0.492 e. The van der Waals surface area contributed by atoms with Crippen molar-refractivity contribution in [2.45, 2.75) is 46.3 Å². The molecule has 29 heavy (non-hydrogen) atoms. The summed E-state index contributed by atoms with van der Waals surface area (Å²) in [5.41, 5.74) is 1.32. The molecule has 1 aromatic rings. The van der Waals surface area contributed by atoms with E-state index in [9.17, 15) is 0 Å². The SMILES string of the molecule is CN=C(NCc1cccc(OCCN(C)C)c1)NCC1CCCOC1C(C)(C)C. The van der Waals surface area contributed by atoms with Crippen molar-refractivity contribution in [2.75, 3.05) is 47.4 Å². The number of likely N-dealkylation sites (N-methyl/N-ethyl adjacent to an activating group) is 1. The van der Waals surface area contributed by atoms with E-state index in [-0.39, 0.29) is 11.5 Å². The van der Waals surface area contributed by atoms with Gasteiger partial charge in [-0.25, -0.2) is 0 Å². The second-order valence-corrected chi connectivity index (χ2v) is 9.17. The predicted molar refractivity (Wildman–Crippen MR) is 121 cm³/mol. The number of benzene rings is 1. The van der Waals surface area contributed by atoms with Gasteiger partial charge < -0.3 is 25.0 Å². The van der Waals surface area contributed by atoms with Gasteiger partial charge in [-0.15, -0.1) is 0 Å². The highest BCUT2D eigenvalue weighted by molar-refractivity contribution is 5.79. The Balaban J connectivity index is 1.83. The fraction of sp³-hybridized carbons (Fsp3) is 0.696. The van der Waals surface area contributed by atoms with Gasteiger partial charge in [0.1, 0.15) is 12.4 Å². The zero-order chi connectivity index (χ0) is 21.3. The van der Waals surface area contributed by atoms with Crippen molar-refractivity contribution in [2.24, 2.45) is 16.3 Å². The lowest BCUT2D eigenvalue weighted by Crippen LogP contribution is -2.47. The predicted octanol–water partition coefficient (Wildman–Crippen LogP) is 3.13. The summed E-state index contributed by atoms with van der Waals surface area (Å²) in [5, 5.41) is 6.91. The van der Waals surface area contributed by atoms with Crippen LogP contribution in [0.1, 0.15) is 39.2 Å². The maximum atomic E-state index is 6.09. The van der Waals surface area contributed by atoms with Crippen LogP contribution in [0.4, 0.5) is 0 Å². The quantitative estimate of drug-likeness (QED) is 0.515. The van der Waals surface area contributed by atoms with Crippen molar-refractivity contribution in [3.63, 3.8) is 0 Å². The number of hydrogen-bond acceptors (Lipinski definition) is 4. The Morgan fingerprint density at radius 2 is 2.07 bits per heavy atom. The minimum atomic E-state index is 0.150. The monoisotopic (exact) mass is 404 g/mol. The minimum absolute atomic E-state index is 0.150. The molecule has 6 heteroatoms. The fourth-order valence-electron chi connectivity index (χ4n) is 3.73. The van der Waals surface area contributed by atoms with Gasteiger partial charge in [0.2, 0.25) is 0 Å². The van der Waals surface area contributed by atoms with E-state index in [2.05, 4.69) is 53.4 Å². The van der Waals surface area contributed by atoms with Crippen LogP contribution in [0.5, 0.6) is 5.75 Å². The Bertz CT molecular complexity index is 640. The van der Waals surface area contributed by atoms with Gasteiger partial charge in [0.25, 0.3) is 0 Å². The summed E-state index contributed by atoms with van der Waals surface area (Å²) in [6.07, 6.45) is 2.60. The smallest absolute Gasteiger partial charge is 0.191 e. The van der Waals surface area contributed by atoms with Crippen LogP contribution in [0.15, 0.2) is 29.3 Å². The lowest BCUT2D eigenvalue weighted by Gasteiger charge is -2.40. The van der Waals surface area contributed by atoms with Crippen LogP contribution in [0.2, 0.25) is 0 Å². The number of ether oxygens (including phenoxy) is 2. The van der Waals surface area contributed by atoms with Crippen LogP contribution in [0.3, 0.4) is 0 Å². The lowest BCUT2D eigenvalue weighted by molar-refractivity contribution is -0.0835. The maximum absolute atomic E-state index is 6.09. The first kappa shape index (κ1) is 23.5. The molecule has 1 heterocycles. The summed E-state index contributed by atoms with van der Waals surface area (Å²) in [6, 6.07) is 8.22. The molecule has 6 nitrogen and oxygen atoms in total. The molecule has 0 saturated carbocycles. The van der Waals surface area contributed by atoms with E-state index in [0.717, 1.165) is 37.8 Å². The molecular weight excluding hydrogens is 364 g/mol. The average Bonchev–Trinajstić information content (AvgIpc) is 2.68. The van der Waals surface area contributed by atoms with Crippen molar-refractivity contribution < 1.29 is 9.47 Å². The third-order valence-corrected chi connectivity index (χ3v) is 5.22. The lowest BCUT2D eigenvalue weighted by atomic mass is 9.78. The second-order valence-electron chi connectivity index (χ2n) is 9.17. The molecule has 1 fully saturated rings. The molecule has 1 aliphatic rings. The van der Waals surface area contributed by atoms with Gasteiger partial charge in [-0.3, -0.25) is 4.99 Å². The molecule has 0 amide bonds. The van der Waals surface area contributed by atoms with Crippen molar-refractivity contribution in [1.29, 1.82) is 0 Å². The molecule has 2 N–H and O–H groups in total. The molecule has 0 aliphatic carbocycles. The summed E-state index contributed by atoms with van der Waals surface area (Å²) in [7, 11) is 5.91. The molecule has 0 aromatic heterocycles. The molecule has 1 aliphatic heterocycles. The molecule has 2 unspecified atom stereocenters. The van der Waals surface area contributed by atoms with Gasteiger partial charge in [-0.2, -0.15) is 0 Å². The highest BCUT2D eigenvalue weighted by atomic mass is 16.5. The van der Waals surface area contributed by atoms with Crippen molar-refractivity contribution in [1.82, 2.24) is 15.5 Å². The van der Waals surface area contributed by atoms with Crippen molar-refractivity contribution in [3.8, 4) is 5.75 Å². The Morgan fingerprint density at radius 3 is 2.76 bits per heavy atom. The first-order valence-corrected chi connectivity index (χ1v) is 10.7. The molecule has 0 spiro atoms. The maximum Gasteiger partial charge on any atom is 0.191 e. The summed E-state index contributed by atoms with van der Waals surface area (Å²) in [5.74, 6) is 2.22. The Kier molecular flexibility index (Phi) is 9.24. The highest BCUT2D eigenvalue weighted by Gasteiger charge is 2.35. The molecule has 1 aromatic carbocycles. The third-order valence-electron chi connectivity index (χ3n) is 5.22. The summed E-state index contributed by atoms with van der Waals surface area (Å²) in [4.78, 5) is 6.50. The fourth-order valence-corrected chi connectivity index (χ4v) is 3.73. The zero-order valence-corrected chi connectivity index (χ0v) is 19.1.